The molecular weight excluding hydrogens is 128 g/mol. The zero-order chi connectivity index (χ0) is 7.98. The van der Waals surface area contributed by atoms with Crippen molar-refractivity contribution in [3.05, 3.63) is 25.3 Å². The van der Waals surface area contributed by atoms with Gasteiger partial charge in [-0.3, -0.25) is 4.79 Å². The lowest BCUT2D eigenvalue weighted by Crippen LogP contribution is -2.11. The van der Waals surface area contributed by atoms with Gasteiger partial charge in [0.05, 0.1) is 6.10 Å². The van der Waals surface area contributed by atoms with Gasteiger partial charge in [-0.15, -0.1) is 13.2 Å². The third kappa shape index (κ3) is 4.04. The second kappa shape index (κ2) is 4.94. The lowest BCUT2D eigenvalue weighted by Gasteiger charge is -2.05. The summed E-state index contributed by atoms with van der Waals surface area (Å²) < 4.78 is 5.02. The maximum atomic E-state index is 10.4. The molecule has 0 fully saturated rings. The highest BCUT2D eigenvalue weighted by Crippen LogP contribution is 1.93. The van der Waals surface area contributed by atoms with Gasteiger partial charge in [-0.1, -0.05) is 12.2 Å². The first-order valence-electron chi connectivity index (χ1n) is 3.07. The fourth-order valence-corrected chi connectivity index (χ4v) is 0.446. The van der Waals surface area contributed by atoms with Crippen LogP contribution in [0.4, 0.5) is 0 Å². The van der Waals surface area contributed by atoms with Crippen molar-refractivity contribution in [2.45, 2.75) is 13.0 Å². The van der Waals surface area contributed by atoms with Crippen LogP contribution in [0, 0.1) is 0 Å². The van der Waals surface area contributed by atoms with E-state index in [4.69, 9.17) is 4.74 Å². The fourth-order valence-electron chi connectivity index (χ4n) is 0.446. The Hall–Kier alpha value is -0.890. The molecule has 0 aromatic rings. The van der Waals surface area contributed by atoms with Crippen molar-refractivity contribution >= 4 is 5.78 Å². The average Bonchev–Trinajstić information content (AvgIpc) is 1.90. The van der Waals surface area contributed by atoms with Crippen molar-refractivity contribution in [1.29, 1.82) is 0 Å². The summed E-state index contributed by atoms with van der Waals surface area (Å²) in [6, 6.07) is 0. The molecule has 56 valence electrons. The third-order valence-corrected chi connectivity index (χ3v) is 0.944. The highest BCUT2D eigenvalue weighted by atomic mass is 16.5. The SMILES string of the molecule is C=CC(C=C)OCC(C)=O. The molecule has 0 aliphatic rings. The number of hydrogen-bond acceptors (Lipinski definition) is 2. The summed E-state index contributed by atoms with van der Waals surface area (Å²) in [5, 5.41) is 0. The van der Waals surface area contributed by atoms with Crippen LogP contribution < -0.4 is 0 Å². The maximum absolute atomic E-state index is 10.4. The Morgan fingerprint density at radius 3 is 2.40 bits per heavy atom. The minimum Gasteiger partial charge on any atom is -0.362 e. The fraction of sp³-hybridized carbons (Fsp3) is 0.375. The zero-order valence-electron chi connectivity index (χ0n) is 6.17. The molecule has 0 spiro atoms. The quantitative estimate of drug-likeness (QED) is 0.538. The van der Waals surface area contributed by atoms with Crippen molar-refractivity contribution in [3.8, 4) is 0 Å². The van der Waals surface area contributed by atoms with Gasteiger partial charge in [0.1, 0.15) is 6.61 Å². The van der Waals surface area contributed by atoms with E-state index >= 15 is 0 Å². The predicted molar refractivity (Wildman–Crippen MR) is 40.8 cm³/mol. The van der Waals surface area contributed by atoms with Crippen molar-refractivity contribution in [2.24, 2.45) is 0 Å². The third-order valence-electron chi connectivity index (χ3n) is 0.944. The summed E-state index contributed by atoms with van der Waals surface area (Å²) >= 11 is 0. The van der Waals surface area contributed by atoms with Crippen molar-refractivity contribution in [2.75, 3.05) is 6.61 Å². The standard InChI is InChI=1S/C8H12O2/c1-4-8(5-2)10-6-7(3)9/h4-5,8H,1-2,6H2,3H3. The molecule has 0 bridgehead atoms. The van der Waals surface area contributed by atoms with Crippen LogP contribution in [-0.4, -0.2) is 18.5 Å². The maximum Gasteiger partial charge on any atom is 0.155 e. The van der Waals surface area contributed by atoms with Crippen LogP contribution in [-0.2, 0) is 9.53 Å². The Morgan fingerprint density at radius 2 is 2.10 bits per heavy atom. The topological polar surface area (TPSA) is 26.3 Å². The van der Waals surface area contributed by atoms with Gasteiger partial charge >= 0.3 is 0 Å². The molecule has 0 aliphatic carbocycles. The Balaban J connectivity index is 3.54. The van der Waals surface area contributed by atoms with Crippen LogP contribution in [0.25, 0.3) is 0 Å². The van der Waals surface area contributed by atoms with Crippen molar-refractivity contribution in [3.63, 3.8) is 0 Å². The highest BCUT2D eigenvalue weighted by molar-refractivity contribution is 5.76. The van der Waals surface area contributed by atoms with E-state index in [0.29, 0.717) is 0 Å². The second-order valence-electron chi connectivity index (χ2n) is 1.95. The van der Waals surface area contributed by atoms with Crippen LogP contribution in [0.1, 0.15) is 6.92 Å². The molecule has 0 saturated heterocycles. The van der Waals surface area contributed by atoms with E-state index in [1.807, 2.05) is 0 Å². The van der Waals surface area contributed by atoms with Gasteiger partial charge in [0.2, 0.25) is 0 Å². The number of carbonyl (C=O) groups excluding carboxylic acids is 1. The molecule has 0 saturated carbocycles. The van der Waals surface area contributed by atoms with Gasteiger partial charge in [0.25, 0.3) is 0 Å². The van der Waals surface area contributed by atoms with Gasteiger partial charge < -0.3 is 4.74 Å². The molecule has 0 N–H and O–H groups in total. The minimum absolute atomic E-state index is 0.00806. The minimum atomic E-state index is -0.205. The predicted octanol–water partition coefficient (Wildman–Crippen LogP) is 1.33. The first kappa shape index (κ1) is 9.11. The van der Waals surface area contributed by atoms with Gasteiger partial charge in [0.15, 0.2) is 5.78 Å². The molecule has 0 amide bonds. The van der Waals surface area contributed by atoms with Crippen molar-refractivity contribution < 1.29 is 9.53 Å². The molecular formula is C8H12O2. The van der Waals surface area contributed by atoms with Crippen LogP contribution in [0.3, 0.4) is 0 Å². The molecule has 0 atom stereocenters. The van der Waals surface area contributed by atoms with Crippen LogP contribution >= 0.6 is 0 Å². The number of rotatable bonds is 5. The average molecular weight is 140 g/mol. The molecule has 0 unspecified atom stereocenters. The summed E-state index contributed by atoms with van der Waals surface area (Å²) in [7, 11) is 0. The number of ketones is 1. The van der Waals surface area contributed by atoms with Gasteiger partial charge in [-0.2, -0.15) is 0 Å². The normalized spacial score (nSPS) is 9.40. The number of hydrogen-bond donors (Lipinski definition) is 0. The summed E-state index contributed by atoms with van der Waals surface area (Å²) in [5.74, 6) is 0.00806. The van der Waals surface area contributed by atoms with Gasteiger partial charge in [-0.25, -0.2) is 0 Å². The van der Waals surface area contributed by atoms with E-state index in [1.54, 1.807) is 12.2 Å². The monoisotopic (exact) mass is 140 g/mol. The summed E-state index contributed by atoms with van der Waals surface area (Å²) in [5.41, 5.74) is 0. The van der Waals surface area contributed by atoms with E-state index in [9.17, 15) is 4.79 Å². The van der Waals surface area contributed by atoms with E-state index in [1.165, 1.54) is 6.92 Å². The molecule has 0 heterocycles. The van der Waals surface area contributed by atoms with Crippen molar-refractivity contribution in [1.82, 2.24) is 0 Å². The van der Waals surface area contributed by atoms with E-state index in [2.05, 4.69) is 13.2 Å². The lowest BCUT2D eigenvalue weighted by atomic mass is 10.3. The largest absolute Gasteiger partial charge is 0.362 e. The molecule has 0 aliphatic heterocycles. The molecule has 0 radical (unpaired) electrons. The Bertz CT molecular complexity index is 130. The lowest BCUT2D eigenvalue weighted by molar-refractivity contribution is -0.121. The van der Waals surface area contributed by atoms with Crippen LogP contribution in [0.5, 0.6) is 0 Å². The highest BCUT2D eigenvalue weighted by Gasteiger charge is 1.98. The first-order valence-corrected chi connectivity index (χ1v) is 3.07. The summed E-state index contributed by atoms with van der Waals surface area (Å²) in [6.45, 7) is 8.61. The van der Waals surface area contributed by atoms with E-state index < -0.39 is 0 Å². The Morgan fingerprint density at radius 1 is 1.60 bits per heavy atom. The number of Topliss-reactive ketones (excluding diaryl/α,β-unsaturated/α-hetero) is 1. The summed E-state index contributed by atoms with van der Waals surface area (Å²) in [6.07, 6.45) is 2.98. The molecule has 2 nitrogen and oxygen atoms in total. The van der Waals surface area contributed by atoms with Crippen LogP contribution in [0.2, 0.25) is 0 Å². The zero-order valence-corrected chi connectivity index (χ0v) is 6.17. The number of ether oxygens (including phenoxy) is 1. The Kier molecular flexibility index (Phi) is 4.50. The van der Waals surface area contributed by atoms with Gasteiger partial charge in [-0.05, 0) is 6.92 Å². The number of carbonyl (C=O) groups is 1. The molecule has 0 rings (SSSR count). The van der Waals surface area contributed by atoms with Gasteiger partial charge in [0, 0.05) is 0 Å². The van der Waals surface area contributed by atoms with E-state index in [-0.39, 0.29) is 18.5 Å². The Labute approximate surface area is 61.2 Å². The summed E-state index contributed by atoms with van der Waals surface area (Å²) in [4.78, 5) is 10.4. The smallest absolute Gasteiger partial charge is 0.155 e. The molecule has 2 heteroatoms. The molecule has 0 aromatic carbocycles. The van der Waals surface area contributed by atoms with E-state index in [0.717, 1.165) is 0 Å². The molecule has 0 aromatic heterocycles. The molecule has 10 heavy (non-hydrogen) atoms. The second-order valence-corrected chi connectivity index (χ2v) is 1.95. The first-order chi connectivity index (χ1) is 4.70. The van der Waals surface area contributed by atoms with Crippen LogP contribution in [0.15, 0.2) is 25.3 Å².